The minimum atomic E-state index is -1.22. The Bertz CT molecular complexity index is 467. The first kappa shape index (κ1) is 15.1. The summed E-state index contributed by atoms with van der Waals surface area (Å²) in [5, 5.41) is 20.0. The molecule has 0 aromatic heterocycles. The van der Waals surface area contributed by atoms with Crippen molar-refractivity contribution in [1.82, 2.24) is 0 Å². The molecule has 5 heteroatoms. The molecule has 2 aliphatic rings. The van der Waals surface area contributed by atoms with Gasteiger partial charge in [-0.25, -0.2) is 0 Å². The van der Waals surface area contributed by atoms with Gasteiger partial charge in [-0.3, -0.25) is 4.79 Å². The van der Waals surface area contributed by atoms with Crippen molar-refractivity contribution in [3.8, 4) is 0 Å². The van der Waals surface area contributed by atoms with Crippen LogP contribution in [0, 0.1) is 0 Å². The van der Waals surface area contributed by atoms with E-state index in [1.54, 1.807) is 21.0 Å². The third kappa shape index (κ3) is 3.04. The van der Waals surface area contributed by atoms with Crippen molar-refractivity contribution >= 4 is 5.97 Å². The maximum atomic E-state index is 11.5. The highest BCUT2D eigenvalue weighted by molar-refractivity contribution is 5.73. The Morgan fingerprint density at radius 1 is 1.30 bits per heavy atom. The van der Waals surface area contributed by atoms with Crippen LogP contribution >= 0.6 is 0 Å². The van der Waals surface area contributed by atoms with E-state index in [1.807, 2.05) is 0 Å². The molecule has 1 heterocycles. The molecule has 0 amide bonds. The van der Waals surface area contributed by atoms with Crippen LogP contribution in [0.2, 0.25) is 0 Å². The molecular weight excluding hydrogens is 260 g/mol. The quantitative estimate of drug-likeness (QED) is 0.769. The number of ether oxygens (including phenoxy) is 2. The van der Waals surface area contributed by atoms with Gasteiger partial charge in [0.25, 0.3) is 0 Å². The van der Waals surface area contributed by atoms with E-state index in [1.165, 1.54) is 0 Å². The van der Waals surface area contributed by atoms with Gasteiger partial charge in [0.15, 0.2) is 0 Å². The van der Waals surface area contributed by atoms with Crippen LogP contribution in [0.5, 0.6) is 0 Å². The van der Waals surface area contributed by atoms with Gasteiger partial charge in [-0.2, -0.15) is 0 Å². The van der Waals surface area contributed by atoms with Gasteiger partial charge in [-0.15, -0.1) is 0 Å². The summed E-state index contributed by atoms with van der Waals surface area (Å²) in [6.07, 6.45) is 1.92. The summed E-state index contributed by atoms with van der Waals surface area (Å²) in [5.41, 5.74) is 0.586. The van der Waals surface area contributed by atoms with Crippen molar-refractivity contribution in [2.45, 2.75) is 57.7 Å². The third-order valence-electron chi connectivity index (χ3n) is 3.89. The number of aliphatic hydroxyl groups is 2. The van der Waals surface area contributed by atoms with Gasteiger partial charge >= 0.3 is 5.97 Å². The molecule has 0 bridgehead atoms. The number of carbonyl (C=O) groups excluding carboxylic acids is 1. The van der Waals surface area contributed by atoms with E-state index in [-0.39, 0.29) is 12.4 Å². The average molecular weight is 282 g/mol. The summed E-state index contributed by atoms with van der Waals surface area (Å²) in [7, 11) is 1.57. The number of allylic oxidation sites excluding steroid dienone is 3. The molecule has 1 unspecified atom stereocenters. The van der Waals surface area contributed by atoms with E-state index in [9.17, 15) is 15.0 Å². The highest BCUT2D eigenvalue weighted by atomic mass is 16.5. The molecule has 1 aliphatic heterocycles. The first-order valence-electron chi connectivity index (χ1n) is 6.92. The Kier molecular flexibility index (Phi) is 4.20. The summed E-state index contributed by atoms with van der Waals surface area (Å²) in [6, 6.07) is 0. The fourth-order valence-electron chi connectivity index (χ4n) is 2.53. The van der Waals surface area contributed by atoms with E-state index in [2.05, 4.69) is 0 Å². The smallest absolute Gasteiger partial charge is 0.311 e. The number of rotatable bonds is 4. The molecular formula is C15H22O5. The lowest BCUT2D eigenvalue weighted by Crippen LogP contribution is -2.37. The number of carbonyl (C=O) groups is 1. The Labute approximate surface area is 118 Å². The van der Waals surface area contributed by atoms with Crippen LogP contribution in [0.4, 0.5) is 0 Å². The number of hydrogen-bond acceptors (Lipinski definition) is 5. The average Bonchev–Trinajstić information content (AvgIpc) is 2.38. The predicted octanol–water partition coefficient (Wildman–Crippen LogP) is 1.79. The van der Waals surface area contributed by atoms with E-state index < -0.39 is 11.7 Å². The highest BCUT2D eigenvalue weighted by Crippen LogP contribution is 2.39. The Hall–Kier alpha value is -1.33. The minimum Gasteiger partial charge on any atom is -0.501 e. The second-order valence-electron chi connectivity index (χ2n) is 5.89. The molecule has 20 heavy (non-hydrogen) atoms. The summed E-state index contributed by atoms with van der Waals surface area (Å²) < 4.78 is 10.7. The van der Waals surface area contributed by atoms with Crippen molar-refractivity contribution in [2.24, 2.45) is 0 Å². The van der Waals surface area contributed by atoms with Crippen molar-refractivity contribution in [2.75, 3.05) is 7.11 Å². The Balaban J connectivity index is 2.31. The van der Waals surface area contributed by atoms with Crippen molar-refractivity contribution < 1.29 is 24.5 Å². The molecule has 5 nitrogen and oxygen atoms in total. The number of methoxy groups -OCH3 is 1. The molecule has 0 aromatic carbocycles. The number of aliphatic hydroxyl groups excluding tert-OH is 1. The predicted molar refractivity (Wildman–Crippen MR) is 72.5 cm³/mol. The maximum Gasteiger partial charge on any atom is 0.311 e. The molecule has 0 aromatic rings. The van der Waals surface area contributed by atoms with Crippen LogP contribution in [-0.2, 0) is 14.3 Å². The third-order valence-corrected chi connectivity index (χ3v) is 3.89. The van der Waals surface area contributed by atoms with Crippen molar-refractivity contribution in [3.63, 3.8) is 0 Å². The molecule has 0 spiro atoms. The van der Waals surface area contributed by atoms with Gasteiger partial charge in [0, 0.05) is 24.8 Å². The molecule has 0 radical (unpaired) electrons. The van der Waals surface area contributed by atoms with Crippen molar-refractivity contribution in [1.29, 1.82) is 0 Å². The lowest BCUT2D eigenvalue weighted by Gasteiger charge is -2.31. The molecule has 0 saturated carbocycles. The number of esters is 1. The molecule has 1 atom stereocenters. The fraction of sp³-hybridized carbons (Fsp3) is 0.667. The van der Waals surface area contributed by atoms with Crippen LogP contribution in [0.1, 0.15) is 46.0 Å². The van der Waals surface area contributed by atoms with E-state index in [0.717, 1.165) is 24.2 Å². The van der Waals surface area contributed by atoms with E-state index in [4.69, 9.17) is 9.47 Å². The molecule has 0 fully saturated rings. The van der Waals surface area contributed by atoms with Crippen LogP contribution in [0.3, 0.4) is 0 Å². The van der Waals surface area contributed by atoms with E-state index in [0.29, 0.717) is 24.2 Å². The van der Waals surface area contributed by atoms with Crippen LogP contribution in [0.25, 0.3) is 0 Å². The van der Waals surface area contributed by atoms with E-state index >= 15 is 0 Å². The minimum absolute atomic E-state index is 0.207. The first-order chi connectivity index (χ1) is 9.32. The summed E-state index contributed by atoms with van der Waals surface area (Å²) in [5.74, 6) is 1.02. The van der Waals surface area contributed by atoms with Gasteiger partial charge in [-0.1, -0.05) is 0 Å². The van der Waals surface area contributed by atoms with Gasteiger partial charge in [0.1, 0.15) is 11.5 Å². The summed E-state index contributed by atoms with van der Waals surface area (Å²) in [6.45, 7) is 3.10. The normalized spacial score (nSPS) is 21.6. The standard InChI is InChI=1S/C15H22O5/c1-15(2,18)12(16)8-10-11(19-3)6-4-9-5-7-13(17)20-14(9)10/h12,16,18H,4-8H2,1-3H3. The molecule has 2 rings (SSSR count). The monoisotopic (exact) mass is 282 g/mol. The Morgan fingerprint density at radius 3 is 2.55 bits per heavy atom. The Morgan fingerprint density at radius 2 is 1.95 bits per heavy atom. The van der Waals surface area contributed by atoms with Crippen LogP contribution < -0.4 is 0 Å². The zero-order valence-corrected chi connectivity index (χ0v) is 12.2. The second-order valence-corrected chi connectivity index (χ2v) is 5.89. The van der Waals surface area contributed by atoms with Crippen LogP contribution in [-0.4, -0.2) is 35.0 Å². The zero-order valence-electron chi connectivity index (χ0n) is 12.2. The zero-order chi connectivity index (χ0) is 14.9. The maximum absolute atomic E-state index is 11.5. The fourth-order valence-corrected chi connectivity index (χ4v) is 2.53. The van der Waals surface area contributed by atoms with Gasteiger partial charge in [0.2, 0.25) is 0 Å². The van der Waals surface area contributed by atoms with Crippen molar-refractivity contribution in [3.05, 3.63) is 22.7 Å². The number of hydrogen-bond donors (Lipinski definition) is 2. The largest absolute Gasteiger partial charge is 0.501 e. The lowest BCUT2D eigenvalue weighted by atomic mass is 9.86. The van der Waals surface area contributed by atoms with Crippen LogP contribution in [0.15, 0.2) is 22.7 Å². The van der Waals surface area contributed by atoms with Gasteiger partial charge < -0.3 is 19.7 Å². The summed E-state index contributed by atoms with van der Waals surface area (Å²) in [4.78, 5) is 11.5. The summed E-state index contributed by atoms with van der Waals surface area (Å²) >= 11 is 0. The van der Waals surface area contributed by atoms with Gasteiger partial charge in [0.05, 0.1) is 18.8 Å². The topological polar surface area (TPSA) is 76.0 Å². The SMILES string of the molecule is COC1=C(CC(O)C(C)(C)O)C2=C(CCC(=O)O2)CC1. The second kappa shape index (κ2) is 5.58. The highest BCUT2D eigenvalue weighted by Gasteiger charge is 2.33. The molecule has 2 N–H and O–H groups in total. The lowest BCUT2D eigenvalue weighted by molar-refractivity contribution is -0.140. The molecule has 0 saturated heterocycles. The van der Waals surface area contributed by atoms with Gasteiger partial charge in [-0.05, 0) is 32.3 Å². The molecule has 112 valence electrons. The molecule has 1 aliphatic carbocycles. The first-order valence-corrected chi connectivity index (χ1v) is 6.92.